The highest BCUT2D eigenvalue weighted by atomic mass is 16.3. The lowest BCUT2D eigenvalue weighted by Crippen LogP contribution is -2.14. The van der Waals surface area contributed by atoms with E-state index in [-0.39, 0.29) is 7.53 Å². The molecular formula is C38H54N2O. The van der Waals surface area contributed by atoms with Crippen LogP contribution in [0.15, 0.2) is 72.6 Å². The number of nitrogens with zero attached hydrogens (tertiary/aromatic N) is 2. The van der Waals surface area contributed by atoms with Crippen LogP contribution >= 0.6 is 0 Å². The molecule has 0 saturated heterocycles. The van der Waals surface area contributed by atoms with Gasteiger partial charge in [-0.15, -0.1) is 0 Å². The van der Waals surface area contributed by atoms with E-state index in [0.717, 1.165) is 43.1 Å². The van der Waals surface area contributed by atoms with Gasteiger partial charge in [0.15, 0.2) is 0 Å². The van der Waals surface area contributed by atoms with Gasteiger partial charge in [0.1, 0.15) is 0 Å². The van der Waals surface area contributed by atoms with Crippen LogP contribution in [-0.4, -0.2) is 15.1 Å². The lowest BCUT2D eigenvalue weighted by atomic mass is 9.80. The van der Waals surface area contributed by atoms with Crippen molar-refractivity contribution in [3.05, 3.63) is 112 Å². The van der Waals surface area contributed by atoms with Gasteiger partial charge in [0, 0.05) is 25.2 Å². The number of allylic oxidation sites excluding steroid dienone is 2. The number of benzene rings is 1. The molecule has 41 heavy (non-hydrogen) atoms. The van der Waals surface area contributed by atoms with E-state index in [1.807, 2.05) is 25.4 Å². The molecule has 1 fully saturated rings. The number of aryl methyl sites for hydroxylation is 4. The Kier molecular flexibility index (Phi) is 13.0. The Morgan fingerprint density at radius 3 is 2.27 bits per heavy atom. The molecule has 1 unspecified atom stereocenters. The van der Waals surface area contributed by atoms with E-state index in [4.69, 9.17) is 0 Å². The second-order valence-corrected chi connectivity index (χ2v) is 12.1. The van der Waals surface area contributed by atoms with Gasteiger partial charge in [0.2, 0.25) is 0 Å². The Morgan fingerprint density at radius 2 is 1.68 bits per heavy atom. The average molecular weight is 555 g/mol. The fraction of sp³-hybridized carbons (Fsp3) is 0.474. The lowest BCUT2D eigenvalue weighted by Gasteiger charge is -2.26. The molecule has 3 heteroatoms. The van der Waals surface area contributed by atoms with Gasteiger partial charge in [-0.05, 0) is 135 Å². The van der Waals surface area contributed by atoms with Gasteiger partial charge >= 0.3 is 0 Å². The number of hydrogen-bond acceptors (Lipinski definition) is 3. The molecule has 1 N–H and O–H groups in total. The molecule has 222 valence electrons. The summed E-state index contributed by atoms with van der Waals surface area (Å²) < 4.78 is 0. The first-order chi connectivity index (χ1) is 19.7. The number of hydrogen-bond donors (Lipinski definition) is 1. The zero-order chi connectivity index (χ0) is 29.8. The Balaban J connectivity index is 0.000000227. The highest BCUT2D eigenvalue weighted by molar-refractivity contribution is 5.62. The van der Waals surface area contributed by atoms with Gasteiger partial charge in [-0.2, -0.15) is 0 Å². The van der Waals surface area contributed by atoms with Gasteiger partial charge in [-0.3, -0.25) is 9.97 Å². The minimum absolute atomic E-state index is 0. The van der Waals surface area contributed by atoms with Crippen LogP contribution < -0.4 is 0 Å². The van der Waals surface area contributed by atoms with Crippen molar-refractivity contribution in [3.63, 3.8) is 0 Å². The number of pyridine rings is 2. The molecule has 5 rings (SSSR count). The Labute approximate surface area is 251 Å². The molecule has 2 heterocycles. The highest BCUT2D eigenvalue weighted by Crippen LogP contribution is 2.31. The van der Waals surface area contributed by atoms with E-state index in [0.29, 0.717) is 0 Å². The van der Waals surface area contributed by atoms with Crippen molar-refractivity contribution in [2.75, 3.05) is 0 Å². The second kappa shape index (κ2) is 16.4. The van der Waals surface area contributed by atoms with Crippen molar-refractivity contribution in [1.29, 1.82) is 0 Å². The first-order valence-corrected chi connectivity index (χ1v) is 15.7. The Hall–Kier alpha value is -3.04. The third kappa shape index (κ3) is 10.7. The van der Waals surface area contributed by atoms with Crippen molar-refractivity contribution in [2.24, 2.45) is 11.8 Å². The summed E-state index contributed by atoms with van der Waals surface area (Å²) in [5.41, 5.74) is 11.3. The van der Waals surface area contributed by atoms with Crippen molar-refractivity contribution in [2.45, 2.75) is 105 Å². The Morgan fingerprint density at radius 1 is 0.976 bits per heavy atom. The number of rotatable bonds is 6. The molecule has 1 aromatic carbocycles. The van der Waals surface area contributed by atoms with E-state index >= 15 is 0 Å². The largest absolute Gasteiger partial charge is 0.389 e. The lowest BCUT2D eigenvalue weighted by molar-refractivity contribution is 0.199. The van der Waals surface area contributed by atoms with Crippen LogP contribution in [0.2, 0.25) is 0 Å². The average Bonchev–Trinajstić information content (AvgIpc) is 2.98. The predicted octanol–water partition coefficient (Wildman–Crippen LogP) is 9.99. The van der Waals surface area contributed by atoms with Gasteiger partial charge in [-0.1, -0.05) is 70.0 Å². The van der Waals surface area contributed by atoms with Gasteiger partial charge < -0.3 is 5.11 Å². The maximum absolute atomic E-state index is 9.47. The molecule has 3 aromatic rings. The van der Waals surface area contributed by atoms with Crippen LogP contribution in [0.3, 0.4) is 0 Å². The first kappa shape index (κ1) is 32.5. The van der Waals surface area contributed by atoms with Crippen LogP contribution in [0.5, 0.6) is 0 Å². The standard InChI is InChI=1S/C16H24O.C14H17N.C8H11N.H2/c1-12-3-5-14(6-4-12)11-15-7-9-16(10-8-15)13(2)17;1-4-11(3)12-5-6-14-13(8-12)7-10(2)9-15-14;1-3-8-6-7(2)4-5-9-8;/h7-10,12-14,17H,3-6,11H2,1-2H3;7-9H,3-6H2,1-2H3;4-6H,3H2,1-2H3;1H. The van der Waals surface area contributed by atoms with Crippen molar-refractivity contribution >= 4 is 6.08 Å². The van der Waals surface area contributed by atoms with Crippen LogP contribution in [-0.2, 0) is 19.3 Å². The SMILES string of the molecule is C=C(CC)C1=Cc2cc(C)cnc2CC1.CC1CCC(Cc2ccc(C(C)O)cc2)CC1.CCc1cc(C)ccn1.[HH]. The highest BCUT2D eigenvalue weighted by Gasteiger charge is 2.18. The summed E-state index contributed by atoms with van der Waals surface area (Å²) in [4.78, 5) is 8.62. The molecule has 0 spiro atoms. The van der Waals surface area contributed by atoms with Gasteiger partial charge in [-0.25, -0.2) is 0 Å². The number of aromatic nitrogens is 2. The molecule has 2 aromatic heterocycles. The quantitative estimate of drug-likeness (QED) is 0.330. The van der Waals surface area contributed by atoms with Gasteiger partial charge in [0.05, 0.1) is 6.10 Å². The molecule has 1 atom stereocenters. The number of fused-ring (bicyclic) bond motifs is 1. The smallest absolute Gasteiger partial charge is 0.0761 e. The first-order valence-electron chi connectivity index (χ1n) is 15.7. The van der Waals surface area contributed by atoms with Crippen LogP contribution in [0.4, 0.5) is 0 Å². The molecule has 0 amide bonds. The molecule has 2 aliphatic carbocycles. The normalized spacial score (nSPS) is 18.5. The van der Waals surface area contributed by atoms with Gasteiger partial charge in [0.25, 0.3) is 0 Å². The molecule has 2 aliphatic rings. The third-order valence-corrected chi connectivity index (χ3v) is 8.44. The maximum Gasteiger partial charge on any atom is 0.0761 e. The minimum atomic E-state index is -0.348. The molecule has 0 radical (unpaired) electrons. The van der Waals surface area contributed by atoms with E-state index in [9.17, 15) is 5.11 Å². The topological polar surface area (TPSA) is 46.0 Å². The van der Waals surface area contributed by atoms with Crippen LogP contribution in [0.25, 0.3) is 6.08 Å². The monoisotopic (exact) mass is 554 g/mol. The summed E-state index contributed by atoms with van der Waals surface area (Å²) in [6, 6.07) is 14.8. The van der Waals surface area contributed by atoms with E-state index in [1.165, 1.54) is 76.9 Å². The fourth-order valence-electron chi connectivity index (χ4n) is 5.56. The van der Waals surface area contributed by atoms with Crippen molar-refractivity contribution in [1.82, 2.24) is 9.97 Å². The van der Waals surface area contributed by atoms with Crippen molar-refractivity contribution in [3.8, 4) is 0 Å². The summed E-state index contributed by atoms with van der Waals surface area (Å²) in [5, 5.41) is 9.47. The van der Waals surface area contributed by atoms with E-state index in [1.54, 1.807) is 0 Å². The maximum atomic E-state index is 9.47. The van der Waals surface area contributed by atoms with Crippen LogP contribution in [0.1, 0.15) is 113 Å². The Bertz CT molecular complexity index is 1270. The summed E-state index contributed by atoms with van der Waals surface area (Å²) >= 11 is 0. The molecule has 3 nitrogen and oxygen atoms in total. The van der Waals surface area contributed by atoms with E-state index in [2.05, 4.69) is 93.6 Å². The molecule has 0 aliphatic heterocycles. The number of aliphatic hydroxyl groups is 1. The zero-order valence-electron chi connectivity index (χ0n) is 26.4. The minimum Gasteiger partial charge on any atom is -0.389 e. The third-order valence-electron chi connectivity index (χ3n) is 8.44. The summed E-state index contributed by atoms with van der Waals surface area (Å²) in [6.07, 6.45) is 16.7. The summed E-state index contributed by atoms with van der Waals surface area (Å²) in [5.74, 6) is 1.81. The molecule has 0 bridgehead atoms. The van der Waals surface area contributed by atoms with Crippen molar-refractivity contribution < 1.29 is 6.53 Å². The summed E-state index contributed by atoms with van der Waals surface area (Å²) in [7, 11) is 0. The predicted molar refractivity (Wildman–Crippen MR) is 177 cm³/mol. The molecular weight excluding hydrogens is 500 g/mol. The summed E-state index contributed by atoms with van der Waals surface area (Å²) in [6.45, 7) is 16.7. The number of aliphatic hydroxyl groups excluding tert-OH is 1. The molecule has 1 saturated carbocycles. The fourth-order valence-corrected chi connectivity index (χ4v) is 5.56. The van der Waals surface area contributed by atoms with E-state index < -0.39 is 0 Å². The zero-order valence-corrected chi connectivity index (χ0v) is 26.4. The van der Waals surface area contributed by atoms with Crippen LogP contribution in [0, 0.1) is 25.7 Å². The second-order valence-electron chi connectivity index (χ2n) is 12.1.